The fourth-order valence-corrected chi connectivity index (χ4v) is 3.92. The van der Waals surface area contributed by atoms with E-state index in [2.05, 4.69) is 20.8 Å². The maximum atomic E-state index is 10.9. The minimum Gasteiger partial charge on any atom is -0.390 e. The monoisotopic (exact) mass is 238 g/mol. The molecule has 100 valence electrons. The molecule has 2 fully saturated rings. The van der Waals surface area contributed by atoms with Gasteiger partial charge in [-0.15, -0.1) is 0 Å². The van der Waals surface area contributed by atoms with E-state index in [1.807, 2.05) is 0 Å². The van der Waals surface area contributed by atoms with Gasteiger partial charge < -0.3 is 5.11 Å². The number of hydrogen-bond acceptors (Lipinski definition) is 1. The van der Waals surface area contributed by atoms with Crippen molar-refractivity contribution in [3.8, 4) is 0 Å². The Hall–Kier alpha value is -0.0400. The van der Waals surface area contributed by atoms with Gasteiger partial charge in [-0.1, -0.05) is 40.0 Å². The third-order valence-corrected chi connectivity index (χ3v) is 5.59. The Morgan fingerprint density at radius 1 is 1.06 bits per heavy atom. The predicted molar refractivity (Wildman–Crippen MR) is 72.9 cm³/mol. The van der Waals surface area contributed by atoms with Gasteiger partial charge in [0.1, 0.15) is 0 Å². The van der Waals surface area contributed by atoms with E-state index in [1.54, 1.807) is 0 Å². The molecule has 2 atom stereocenters. The summed E-state index contributed by atoms with van der Waals surface area (Å²) in [6.07, 6.45) is 11.1. The van der Waals surface area contributed by atoms with Gasteiger partial charge in [0.15, 0.2) is 0 Å². The largest absolute Gasteiger partial charge is 0.390 e. The molecule has 0 heterocycles. The lowest BCUT2D eigenvalue weighted by Gasteiger charge is -2.47. The quantitative estimate of drug-likeness (QED) is 0.749. The Balaban J connectivity index is 1.96. The molecule has 2 saturated carbocycles. The Morgan fingerprint density at radius 2 is 1.71 bits per heavy atom. The smallest absolute Gasteiger partial charge is 0.0676 e. The molecule has 2 aliphatic rings. The van der Waals surface area contributed by atoms with Gasteiger partial charge in [0.2, 0.25) is 0 Å². The van der Waals surface area contributed by atoms with Crippen molar-refractivity contribution in [2.75, 3.05) is 0 Å². The Kier molecular flexibility index (Phi) is 3.87. The van der Waals surface area contributed by atoms with Crippen LogP contribution in [0.3, 0.4) is 0 Å². The van der Waals surface area contributed by atoms with E-state index < -0.39 is 0 Å². The van der Waals surface area contributed by atoms with Crippen molar-refractivity contribution >= 4 is 0 Å². The molecule has 0 aromatic carbocycles. The first-order valence-corrected chi connectivity index (χ1v) is 7.67. The van der Waals surface area contributed by atoms with Crippen molar-refractivity contribution in [2.24, 2.45) is 17.3 Å². The van der Waals surface area contributed by atoms with Crippen molar-refractivity contribution < 1.29 is 5.11 Å². The van der Waals surface area contributed by atoms with E-state index in [0.29, 0.717) is 11.3 Å². The maximum absolute atomic E-state index is 10.9. The maximum Gasteiger partial charge on any atom is 0.0676 e. The highest BCUT2D eigenvalue weighted by Crippen LogP contribution is 2.48. The van der Waals surface area contributed by atoms with Crippen molar-refractivity contribution in [2.45, 2.75) is 84.2 Å². The lowest BCUT2D eigenvalue weighted by Crippen LogP contribution is -2.45. The highest BCUT2D eigenvalue weighted by atomic mass is 16.3. The number of rotatable bonds is 2. The summed E-state index contributed by atoms with van der Waals surface area (Å²) in [5.74, 6) is 1.48. The van der Waals surface area contributed by atoms with Gasteiger partial charge in [-0.3, -0.25) is 0 Å². The zero-order valence-corrected chi connectivity index (χ0v) is 12.0. The van der Waals surface area contributed by atoms with Crippen LogP contribution >= 0.6 is 0 Å². The summed E-state index contributed by atoms with van der Waals surface area (Å²) >= 11 is 0. The SMILES string of the molecule is CCC1CCCC(C2(O)CCC(C)(C)CC2)C1. The molecule has 0 radical (unpaired) electrons. The fraction of sp³-hybridized carbons (Fsp3) is 1.00. The molecule has 0 aromatic heterocycles. The average molecular weight is 238 g/mol. The van der Waals surface area contributed by atoms with Gasteiger partial charge in [-0.25, -0.2) is 0 Å². The van der Waals surface area contributed by atoms with Gasteiger partial charge in [-0.05, 0) is 55.8 Å². The lowest BCUT2D eigenvalue weighted by molar-refractivity contribution is -0.0874. The molecule has 0 aliphatic heterocycles. The van der Waals surface area contributed by atoms with Crippen LogP contribution in [0.2, 0.25) is 0 Å². The summed E-state index contributed by atoms with van der Waals surface area (Å²) in [6.45, 7) is 7.01. The third-order valence-electron chi connectivity index (χ3n) is 5.59. The second-order valence-corrected chi connectivity index (χ2v) is 7.41. The molecular formula is C16H30O. The van der Waals surface area contributed by atoms with Crippen LogP contribution in [0.15, 0.2) is 0 Å². The predicted octanol–water partition coefficient (Wildman–Crippen LogP) is 4.53. The summed E-state index contributed by atoms with van der Waals surface area (Å²) in [4.78, 5) is 0. The molecule has 0 aromatic rings. The highest BCUT2D eigenvalue weighted by molar-refractivity contribution is 4.95. The molecule has 0 amide bonds. The van der Waals surface area contributed by atoms with E-state index in [4.69, 9.17) is 0 Å². The second kappa shape index (κ2) is 4.91. The van der Waals surface area contributed by atoms with Crippen molar-refractivity contribution in [1.29, 1.82) is 0 Å². The first kappa shape index (κ1) is 13.4. The summed E-state index contributed by atoms with van der Waals surface area (Å²) < 4.78 is 0. The van der Waals surface area contributed by atoms with Gasteiger partial charge in [0.25, 0.3) is 0 Å². The molecule has 17 heavy (non-hydrogen) atoms. The number of hydrogen-bond donors (Lipinski definition) is 1. The lowest BCUT2D eigenvalue weighted by atomic mass is 9.62. The van der Waals surface area contributed by atoms with Crippen molar-refractivity contribution in [1.82, 2.24) is 0 Å². The Morgan fingerprint density at radius 3 is 2.29 bits per heavy atom. The van der Waals surface area contributed by atoms with Crippen LogP contribution in [0.5, 0.6) is 0 Å². The average Bonchev–Trinajstić information content (AvgIpc) is 2.33. The van der Waals surface area contributed by atoms with Gasteiger partial charge in [0.05, 0.1) is 5.60 Å². The van der Waals surface area contributed by atoms with Crippen LogP contribution in [0.25, 0.3) is 0 Å². The molecule has 0 bridgehead atoms. The van der Waals surface area contributed by atoms with E-state index >= 15 is 0 Å². The van der Waals surface area contributed by atoms with E-state index in [9.17, 15) is 5.11 Å². The van der Waals surface area contributed by atoms with E-state index in [1.165, 1.54) is 44.9 Å². The molecule has 2 aliphatic carbocycles. The molecule has 1 heteroatoms. The summed E-state index contributed by atoms with van der Waals surface area (Å²) in [5.41, 5.74) is 0.147. The Labute approximate surface area is 107 Å². The Bertz CT molecular complexity index is 246. The zero-order chi connectivity index (χ0) is 12.5. The van der Waals surface area contributed by atoms with Gasteiger partial charge in [0, 0.05) is 0 Å². The van der Waals surface area contributed by atoms with Crippen LogP contribution in [0, 0.1) is 17.3 Å². The molecule has 1 N–H and O–H groups in total. The molecule has 2 unspecified atom stereocenters. The molecule has 1 nitrogen and oxygen atoms in total. The van der Waals surface area contributed by atoms with E-state index in [0.717, 1.165) is 18.8 Å². The van der Waals surface area contributed by atoms with Crippen LogP contribution in [-0.2, 0) is 0 Å². The molecule has 0 spiro atoms. The minimum absolute atomic E-state index is 0.316. The topological polar surface area (TPSA) is 20.2 Å². The molecule has 0 saturated heterocycles. The number of aliphatic hydroxyl groups is 1. The summed E-state index contributed by atoms with van der Waals surface area (Å²) in [7, 11) is 0. The fourth-order valence-electron chi connectivity index (χ4n) is 3.92. The zero-order valence-electron chi connectivity index (χ0n) is 12.0. The van der Waals surface area contributed by atoms with Crippen molar-refractivity contribution in [3.63, 3.8) is 0 Å². The van der Waals surface area contributed by atoms with Gasteiger partial charge >= 0.3 is 0 Å². The van der Waals surface area contributed by atoms with E-state index in [-0.39, 0.29) is 5.60 Å². The second-order valence-electron chi connectivity index (χ2n) is 7.41. The highest BCUT2D eigenvalue weighted by Gasteiger charge is 2.43. The normalized spacial score (nSPS) is 36.7. The van der Waals surface area contributed by atoms with Crippen molar-refractivity contribution in [3.05, 3.63) is 0 Å². The molecule has 2 rings (SSSR count). The van der Waals surface area contributed by atoms with Crippen LogP contribution in [0.1, 0.15) is 78.6 Å². The van der Waals surface area contributed by atoms with Crippen LogP contribution in [0.4, 0.5) is 0 Å². The minimum atomic E-state index is -0.316. The first-order valence-electron chi connectivity index (χ1n) is 7.67. The third kappa shape index (κ3) is 3.05. The first-order chi connectivity index (χ1) is 7.95. The summed E-state index contributed by atoms with van der Waals surface area (Å²) in [6, 6.07) is 0. The summed E-state index contributed by atoms with van der Waals surface area (Å²) in [5, 5.41) is 10.9. The van der Waals surface area contributed by atoms with Crippen LogP contribution < -0.4 is 0 Å². The van der Waals surface area contributed by atoms with Crippen LogP contribution in [-0.4, -0.2) is 10.7 Å². The van der Waals surface area contributed by atoms with Gasteiger partial charge in [-0.2, -0.15) is 0 Å². The molecular weight excluding hydrogens is 208 g/mol. The standard InChI is InChI=1S/C16H30O/c1-4-13-6-5-7-14(12-13)16(17)10-8-15(2,3)9-11-16/h13-14,17H,4-12H2,1-3H3.